The molecule has 1 fully saturated rings. The number of hydrogen-bond donors (Lipinski definition) is 0. The molecule has 17 heavy (non-hydrogen) atoms. The highest BCUT2D eigenvalue weighted by molar-refractivity contribution is 5.78. The lowest BCUT2D eigenvalue weighted by Gasteiger charge is -2.08. The number of methoxy groups -OCH3 is 3. The van der Waals surface area contributed by atoms with Gasteiger partial charge in [0.25, 0.3) is 0 Å². The van der Waals surface area contributed by atoms with Gasteiger partial charge in [0.05, 0.1) is 21.3 Å². The van der Waals surface area contributed by atoms with Gasteiger partial charge in [-0.05, 0) is 18.2 Å². The Morgan fingerprint density at radius 2 is 2.00 bits per heavy atom. The molecule has 1 aliphatic heterocycles. The average molecular weight is 238 g/mol. The predicted molar refractivity (Wildman–Crippen MR) is 59.2 cm³/mol. The summed E-state index contributed by atoms with van der Waals surface area (Å²) in [6.45, 7) is 0. The zero-order valence-electron chi connectivity index (χ0n) is 9.93. The van der Waals surface area contributed by atoms with Crippen molar-refractivity contribution in [2.24, 2.45) is 0 Å². The van der Waals surface area contributed by atoms with Crippen molar-refractivity contribution in [2.45, 2.75) is 12.2 Å². The summed E-state index contributed by atoms with van der Waals surface area (Å²) in [5.74, 6) is 0.988. The number of carbonyl (C=O) groups excluding carboxylic acids is 1. The van der Waals surface area contributed by atoms with E-state index < -0.39 is 6.10 Å². The molecule has 1 aliphatic rings. The molecule has 0 bridgehead atoms. The second-order valence-electron chi connectivity index (χ2n) is 3.61. The maximum atomic E-state index is 11.3. The highest BCUT2D eigenvalue weighted by Gasteiger charge is 2.48. The van der Waals surface area contributed by atoms with E-state index in [1.54, 1.807) is 32.4 Å². The Labute approximate surface area is 99.2 Å². The molecule has 2 rings (SSSR count). The lowest BCUT2D eigenvalue weighted by molar-refractivity contribution is -0.142. The molecule has 2 unspecified atom stereocenters. The number of esters is 1. The van der Waals surface area contributed by atoms with E-state index in [4.69, 9.17) is 14.2 Å². The van der Waals surface area contributed by atoms with E-state index in [1.165, 1.54) is 7.11 Å². The largest absolute Gasteiger partial charge is 0.497 e. The minimum atomic E-state index is -0.541. The fourth-order valence-electron chi connectivity index (χ4n) is 1.71. The highest BCUT2D eigenvalue weighted by atomic mass is 16.6. The van der Waals surface area contributed by atoms with Gasteiger partial charge in [-0.3, -0.25) is 0 Å². The van der Waals surface area contributed by atoms with Gasteiger partial charge >= 0.3 is 5.97 Å². The first kappa shape index (κ1) is 11.7. The lowest BCUT2D eigenvalue weighted by Crippen LogP contribution is -2.09. The molecule has 1 saturated heterocycles. The van der Waals surface area contributed by atoms with E-state index in [1.807, 2.05) is 0 Å². The summed E-state index contributed by atoms with van der Waals surface area (Å²) in [6.07, 6.45) is -0.853. The Morgan fingerprint density at radius 3 is 2.59 bits per heavy atom. The molecule has 0 amide bonds. The van der Waals surface area contributed by atoms with Gasteiger partial charge in [-0.2, -0.15) is 0 Å². The fourth-order valence-corrected chi connectivity index (χ4v) is 1.71. The van der Waals surface area contributed by atoms with Crippen LogP contribution < -0.4 is 9.47 Å². The summed E-state index contributed by atoms with van der Waals surface area (Å²) in [6, 6.07) is 5.37. The lowest BCUT2D eigenvalue weighted by atomic mass is 10.1. The number of epoxide rings is 1. The van der Waals surface area contributed by atoms with Crippen LogP contribution in [0.15, 0.2) is 18.2 Å². The van der Waals surface area contributed by atoms with Gasteiger partial charge in [0.2, 0.25) is 0 Å². The molecule has 1 aromatic rings. The Bertz CT molecular complexity index is 429. The van der Waals surface area contributed by atoms with Crippen LogP contribution in [0.2, 0.25) is 0 Å². The second kappa shape index (κ2) is 4.63. The first-order valence-corrected chi connectivity index (χ1v) is 5.16. The average Bonchev–Trinajstić information content (AvgIpc) is 3.17. The Balaban J connectivity index is 2.23. The standard InChI is InChI=1S/C12H14O5/c1-14-7-4-5-9(15-2)8(6-7)10-11(17-10)12(13)16-3/h4-6,10-11H,1-3H3. The van der Waals surface area contributed by atoms with Gasteiger partial charge in [-0.25, -0.2) is 4.79 Å². The Morgan fingerprint density at radius 1 is 1.24 bits per heavy atom. The molecular formula is C12H14O5. The summed E-state index contributed by atoms with van der Waals surface area (Å²) in [7, 11) is 4.49. The first-order valence-electron chi connectivity index (χ1n) is 5.16. The van der Waals surface area contributed by atoms with Gasteiger partial charge in [-0.1, -0.05) is 0 Å². The summed E-state index contributed by atoms with van der Waals surface area (Å²) in [5, 5.41) is 0. The number of ether oxygens (including phenoxy) is 4. The van der Waals surface area contributed by atoms with Crippen LogP contribution in [0.1, 0.15) is 11.7 Å². The summed E-state index contributed by atoms with van der Waals surface area (Å²) < 4.78 is 20.3. The Kier molecular flexibility index (Phi) is 3.19. The summed E-state index contributed by atoms with van der Waals surface area (Å²) >= 11 is 0. The van der Waals surface area contributed by atoms with Crippen LogP contribution in [0.25, 0.3) is 0 Å². The number of rotatable bonds is 4. The van der Waals surface area contributed by atoms with Gasteiger partial charge in [-0.15, -0.1) is 0 Å². The maximum absolute atomic E-state index is 11.3. The van der Waals surface area contributed by atoms with E-state index >= 15 is 0 Å². The smallest absolute Gasteiger partial charge is 0.338 e. The van der Waals surface area contributed by atoms with Crippen molar-refractivity contribution in [3.05, 3.63) is 23.8 Å². The van der Waals surface area contributed by atoms with Crippen molar-refractivity contribution in [1.82, 2.24) is 0 Å². The minimum Gasteiger partial charge on any atom is -0.497 e. The van der Waals surface area contributed by atoms with Crippen LogP contribution >= 0.6 is 0 Å². The molecule has 0 aliphatic carbocycles. The maximum Gasteiger partial charge on any atom is 0.338 e. The molecule has 0 aromatic heterocycles. The van der Waals surface area contributed by atoms with E-state index in [9.17, 15) is 4.79 Å². The molecule has 5 heteroatoms. The minimum absolute atomic E-state index is 0.313. The van der Waals surface area contributed by atoms with Crippen LogP contribution in [0.4, 0.5) is 0 Å². The second-order valence-corrected chi connectivity index (χ2v) is 3.61. The van der Waals surface area contributed by atoms with Crippen LogP contribution in [-0.4, -0.2) is 33.4 Å². The third kappa shape index (κ3) is 2.19. The third-order valence-corrected chi connectivity index (χ3v) is 2.67. The van der Waals surface area contributed by atoms with Crippen LogP contribution in [0.3, 0.4) is 0 Å². The predicted octanol–water partition coefficient (Wildman–Crippen LogP) is 1.32. The normalized spacial score (nSPS) is 21.8. The van der Waals surface area contributed by atoms with Gasteiger partial charge < -0.3 is 18.9 Å². The highest BCUT2D eigenvalue weighted by Crippen LogP contribution is 2.44. The van der Waals surface area contributed by atoms with Crippen molar-refractivity contribution in [1.29, 1.82) is 0 Å². The SMILES string of the molecule is COC(=O)C1OC1c1cc(OC)ccc1OC. The number of carbonyl (C=O) groups is 1. The number of benzene rings is 1. The molecule has 0 N–H and O–H groups in total. The molecule has 1 aromatic carbocycles. The monoisotopic (exact) mass is 238 g/mol. The van der Waals surface area contributed by atoms with Crippen LogP contribution in [0.5, 0.6) is 11.5 Å². The molecule has 0 radical (unpaired) electrons. The van der Waals surface area contributed by atoms with E-state index in [0.717, 1.165) is 5.56 Å². The summed E-state index contributed by atoms with van der Waals surface area (Å²) in [5.41, 5.74) is 0.794. The van der Waals surface area contributed by atoms with E-state index in [2.05, 4.69) is 4.74 Å². The van der Waals surface area contributed by atoms with E-state index in [0.29, 0.717) is 11.5 Å². The molecule has 1 heterocycles. The molecule has 5 nitrogen and oxygen atoms in total. The van der Waals surface area contributed by atoms with Gasteiger partial charge in [0.15, 0.2) is 6.10 Å². The van der Waals surface area contributed by atoms with Gasteiger partial charge in [0, 0.05) is 5.56 Å². The van der Waals surface area contributed by atoms with Gasteiger partial charge in [0.1, 0.15) is 17.6 Å². The van der Waals surface area contributed by atoms with Crippen molar-refractivity contribution < 1.29 is 23.7 Å². The third-order valence-electron chi connectivity index (χ3n) is 2.67. The summed E-state index contributed by atoms with van der Waals surface area (Å²) in [4.78, 5) is 11.3. The zero-order valence-corrected chi connectivity index (χ0v) is 9.93. The Hall–Kier alpha value is -1.75. The molecule has 2 atom stereocenters. The van der Waals surface area contributed by atoms with Crippen molar-refractivity contribution >= 4 is 5.97 Å². The van der Waals surface area contributed by atoms with Crippen LogP contribution in [0, 0.1) is 0 Å². The van der Waals surface area contributed by atoms with Crippen molar-refractivity contribution in [3.63, 3.8) is 0 Å². The number of hydrogen-bond acceptors (Lipinski definition) is 5. The van der Waals surface area contributed by atoms with Crippen molar-refractivity contribution in [3.8, 4) is 11.5 Å². The van der Waals surface area contributed by atoms with E-state index in [-0.39, 0.29) is 12.1 Å². The fraction of sp³-hybridized carbons (Fsp3) is 0.417. The zero-order chi connectivity index (χ0) is 12.4. The molecule has 92 valence electrons. The first-order chi connectivity index (χ1) is 8.21. The topological polar surface area (TPSA) is 57.3 Å². The molecule has 0 saturated carbocycles. The quantitative estimate of drug-likeness (QED) is 0.585. The molecular weight excluding hydrogens is 224 g/mol. The van der Waals surface area contributed by atoms with Crippen LogP contribution in [-0.2, 0) is 14.3 Å². The molecule has 0 spiro atoms. The van der Waals surface area contributed by atoms with Crippen molar-refractivity contribution in [2.75, 3.05) is 21.3 Å².